The number of rotatable bonds is 36. The van der Waals surface area contributed by atoms with Gasteiger partial charge < -0.3 is 53.2 Å². The monoisotopic (exact) mass is 867 g/mol. The standard InChI is InChI=1S/C41H74N10O10/c1-30(2)8-10-32(52)44-22-14-36(56)48-26-18-40(60)50-28-16-38(58)46-24-12-34(54)42-20-6-5-7-21-43-35(55)13-25-47-39(59)17-29-51-41(61)19-27-49-37(57)15-23-45-33(53)11-9-31(3)4/h30-31H,5-29H2,1-4H3,(H,42,54)(H,43,55)(H,44,52)(H,45,53)(H,46,58)(H,47,59)(H,48,56)(H,49,57)(H,50,60)(H,51,61). The van der Waals surface area contributed by atoms with Crippen molar-refractivity contribution in [2.75, 3.05) is 65.4 Å². The summed E-state index contributed by atoms with van der Waals surface area (Å²) in [5.41, 5.74) is 0. The fourth-order valence-corrected chi connectivity index (χ4v) is 5.13. The summed E-state index contributed by atoms with van der Waals surface area (Å²) in [6.07, 6.45) is 5.21. The number of nitrogens with one attached hydrogen (secondary N) is 10. The van der Waals surface area contributed by atoms with E-state index in [0.717, 1.165) is 19.3 Å². The van der Waals surface area contributed by atoms with Gasteiger partial charge in [0.05, 0.1) is 0 Å². The average molecular weight is 867 g/mol. The Hall–Kier alpha value is -5.30. The van der Waals surface area contributed by atoms with Crippen LogP contribution in [0.5, 0.6) is 0 Å². The van der Waals surface area contributed by atoms with Crippen LogP contribution in [0.4, 0.5) is 0 Å². The Morgan fingerprint density at radius 1 is 0.246 bits per heavy atom. The summed E-state index contributed by atoms with van der Waals surface area (Å²) in [4.78, 5) is 119. The molecule has 0 aliphatic rings. The van der Waals surface area contributed by atoms with Crippen LogP contribution in [0.15, 0.2) is 0 Å². The molecule has 10 N–H and O–H groups in total. The average Bonchev–Trinajstić information content (AvgIpc) is 3.18. The van der Waals surface area contributed by atoms with Crippen LogP contribution in [0.1, 0.15) is 124 Å². The predicted octanol–water partition coefficient (Wildman–Crippen LogP) is -0.688. The maximum atomic E-state index is 12.1. The SMILES string of the molecule is CC(C)CCC(=O)NCCC(=O)NCCC(=O)NCCC(=O)NCCC(=O)NCCCCCNC(=O)CCNC(=O)CCNC(=O)CCNC(=O)CCNC(=O)CCC(C)C. The van der Waals surface area contributed by atoms with Crippen molar-refractivity contribution < 1.29 is 47.9 Å². The van der Waals surface area contributed by atoms with Crippen LogP contribution in [0.3, 0.4) is 0 Å². The van der Waals surface area contributed by atoms with E-state index < -0.39 is 0 Å². The van der Waals surface area contributed by atoms with E-state index in [9.17, 15) is 47.9 Å². The van der Waals surface area contributed by atoms with Crippen LogP contribution in [0.25, 0.3) is 0 Å². The summed E-state index contributed by atoms with van der Waals surface area (Å²) in [5.74, 6) is -1.56. The second kappa shape index (κ2) is 36.5. The van der Waals surface area contributed by atoms with Gasteiger partial charge in [-0.15, -0.1) is 0 Å². The van der Waals surface area contributed by atoms with Gasteiger partial charge in [0, 0.05) is 130 Å². The zero-order valence-corrected chi connectivity index (χ0v) is 36.9. The minimum atomic E-state index is -0.317. The zero-order valence-electron chi connectivity index (χ0n) is 36.9. The number of amides is 10. The van der Waals surface area contributed by atoms with Gasteiger partial charge in [0.2, 0.25) is 59.1 Å². The fourth-order valence-electron chi connectivity index (χ4n) is 5.13. The molecule has 0 fully saturated rings. The minimum Gasteiger partial charge on any atom is -0.356 e. The highest BCUT2D eigenvalue weighted by Crippen LogP contribution is 2.03. The number of hydrogen-bond acceptors (Lipinski definition) is 10. The fraction of sp³-hybridized carbons (Fsp3) is 0.756. The zero-order chi connectivity index (χ0) is 45.7. The molecule has 0 rings (SSSR count). The van der Waals surface area contributed by atoms with Gasteiger partial charge in [0.1, 0.15) is 0 Å². The molecule has 0 radical (unpaired) electrons. The molecule has 0 atom stereocenters. The van der Waals surface area contributed by atoms with Crippen molar-refractivity contribution in [2.45, 2.75) is 124 Å². The van der Waals surface area contributed by atoms with Gasteiger partial charge >= 0.3 is 0 Å². The Balaban J connectivity index is 3.69. The molecule has 0 aliphatic carbocycles. The molecule has 0 saturated carbocycles. The Bertz CT molecular complexity index is 1280. The van der Waals surface area contributed by atoms with E-state index in [4.69, 9.17) is 0 Å². The highest BCUT2D eigenvalue weighted by molar-refractivity contribution is 5.83. The Kier molecular flexibility index (Phi) is 33.4. The molecule has 61 heavy (non-hydrogen) atoms. The summed E-state index contributed by atoms with van der Waals surface area (Å²) in [7, 11) is 0. The summed E-state index contributed by atoms with van der Waals surface area (Å²) in [6.45, 7) is 10.3. The van der Waals surface area contributed by atoms with Crippen LogP contribution in [0.2, 0.25) is 0 Å². The summed E-state index contributed by atoms with van der Waals surface area (Å²) in [5, 5.41) is 26.7. The third kappa shape index (κ3) is 38.6. The number of carbonyl (C=O) groups is 10. The lowest BCUT2D eigenvalue weighted by Crippen LogP contribution is -2.35. The van der Waals surface area contributed by atoms with Crippen molar-refractivity contribution in [1.82, 2.24) is 53.2 Å². The molecule has 0 spiro atoms. The van der Waals surface area contributed by atoms with Crippen molar-refractivity contribution in [3.63, 3.8) is 0 Å². The molecule has 10 amide bonds. The molecule has 20 heteroatoms. The molecule has 0 saturated heterocycles. The van der Waals surface area contributed by atoms with Gasteiger partial charge in [0.15, 0.2) is 0 Å². The third-order valence-electron chi connectivity index (χ3n) is 8.79. The van der Waals surface area contributed by atoms with Crippen molar-refractivity contribution in [1.29, 1.82) is 0 Å². The Labute approximate surface area is 360 Å². The Morgan fingerprint density at radius 2 is 0.410 bits per heavy atom. The van der Waals surface area contributed by atoms with E-state index in [0.29, 0.717) is 50.6 Å². The molecule has 20 nitrogen and oxygen atoms in total. The molecular formula is C41H74N10O10. The first-order valence-corrected chi connectivity index (χ1v) is 21.7. The van der Waals surface area contributed by atoms with Gasteiger partial charge in [-0.25, -0.2) is 0 Å². The number of carbonyl (C=O) groups excluding carboxylic acids is 10. The van der Waals surface area contributed by atoms with Crippen molar-refractivity contribution in [3.8, 4) is 0 Å². The highest BCUT2D eigenvalue weighted by Gasteiger charge is 2.11. The lowest BCUT2D eigenvalue weighted by atomic mass is 10.1. The first-order chi connectivity index (χ1) is 29.1. The summed E-state index contributed by atoms with van der Waals surface area (Å²) < 4.78 is 0. The number of hydrogen-bond donors (Lipinski definition) is 10. The first kappa shape index (κ1) is 55.7. The van der Waals surface area contributed by atoms with Crippen molar-refractivity contribution >= 4 is 59.1 Å². The van der Waals surface area contributed by atoms with Gasteiger partial charge in [-0.1, -0.05) is 27.7 Å². The van der Waals surface area contributed by atoms with Crippen molar-refractivity contribution in [3.05, 3.63) is 0 Å². The van der Waals surface area contributed by atoms with Crippen LogP contribution in [-0.2, 0) is 47.9 Å². The smallest absolute Gasteiger partial charge is 0.221 e. The molecule has 0 aromatic carbocycles. The van der Waals surface area contributed by atoms with Crippen LogP contribution in [0, 0.1) is 11.8 Å². The van der Waals surface area contributed by atoms with E-state index in [-0.39, 0.29) is 163 Å². The third-order valence-corrected chi connectivity index (χ3v) is 8.79. The Morgan fingerprint density at radius 3 is 0.590 bits per heavy atom. The van der Waals surface area contributed by atoms with Gasteiger partial charge in [-0.3, -0.25) is 47.9 Å². The molecular weight excluding hydrogens is 793 g/mol. The molecule has 0 aliphatic heterocycles. The molecule has 0 bridgehead atoms. The van der Waals surface area contributed by atoms with Crippen LogP contribution >= 0.6 is 0 Å². The second-order valence-electron chi connectivity index (χ2n) is 15.4. The molecule has 0 aromatic rings. The molecule has 0 aromatic heterocycles. The van der Waals surface area contributed by atoms with E-state index in [1.807, 2.05) is 27.7 Å². The minimum absolute atomic E-state index is 0.0406. The lowest BCUT2D eigenvalue weighted by Gasteiger charge is -2.09. The van der Waals surface area contributed by atoms with E-state index in [1.165, 1.54) is 0 Å². The van der Waals surface area contributed by atoms with Crippen molar-refractivity contribution in [2.24, 2.45) is 11.8 Å². The number of unbranched alkanes of at least 4 members (excludes halogenated alkanes) is 2. The summed E-state index contributed by atoms with van der Waals surface area (Å²) >= 11 is 0. The molecule has 0 unspecified atom stereocenters. The maximum Gasteiger partial charge on any atom is 0.221 e. The maximum absolute atomic E-state index is 12.1. The van der Waals surface area contributed by atoms with Crippen LogP contribution in [-0.4, -0.2) is 125 Å². The summed E-state index contributed by atoms with van der Waals surface area (Å²) in [6, 6.07) is 0. The highest BCUT2D eigenvalue weighted by atomic mass is 16.2. The van der Waals surface area contributed by atoms with Crippen LogP contribution < -0.4 is 53.2 Å². The van der Waals surface area contributed by atoms with E-state index >= 15 is 0 Å². The van der Waals surface area contributed by atoms with Gasteiger partial charge in [-0.2, -0.15) is 0 Å². The lowest BCUT2D eigenvalue weighted by molar-refractivity contribution is -0.125. The second-order valence-corrected chi connectivity index (χ2v) is 15.4. The molecule has 0 heterocycles. The quantitative estimate of drug-likeness (QED) is 0.0354. The topological polar surface area (TPSA) is 291 Å². The first-order valence-electron chi connectivity index (χ1n) is 21.7. The predicted molar refractivity (Wildman–Crippen MR) is 229 cm³/mol. The normalized spacial score (nSPS) is 10.6. The van der Waals surface area contributed by atoms with Gasteiger partial charge in [-0.05, 0) is 43.9 Å². The van der Waals surface area contributed by atoms with E-state index in [2.05, 4.69) is 53.2 Å². The van der Waals surface area contributed by atoms with Gasteiger partial charge in [0.25, 0.3) is 0 Å². The largest absolute Gasteiger partial charge is 0.356 e. The molecule has 348 valence electrons. The van der Waals surface area contributed by atoms with E-state index in [1.54, 1.807) is 0 Å².